The minimum atomic E-state index is -3.22. The van der Waals surface area contributed by atoms with E-state index in [2.05, 4.69) is 75.3 Å². The van der Waals surface area contributed by atoms with Crippen LogP contribution in [0.2, 0.25) is 10.2 Å². The summed E-state index contributed by atoms with van der Waals surface area (Å²) in [5, 5.41) is 6.52. The minimum Gasteiger partial charge on any atom is -0.479 e. The molecule has 0 atom stereocenters. The fraction of sp³-hybridized carbons (Fsp3) is 0.150. The number of ether oxygens (including phenoxy) is 1. The zero-order chi connectivity index (χ0) is 27.3. The molecule has 0 saturated heterocycles. The number of hydrogen-bond donors (Lipinski definition) is 2. The highest BCUT2D eigenvalue weighted by molar-refractivity contribution is 9.10. The Labute approximate surface area is 243 Å². The predicted molar refractivity (Wildman–Crippen MR) is 152 cm³/mol. The summed E-state index contributed by atoms with van der Waals surface area (Å²) in [6.45, 7) is 3.50. The van der Waals surface area contributed by atoms with Gasteiger partial charge in [0.1, 0.15) is 5.15 Å². The predicted octanol–water partition coefficient (Wildman–Crippen LogP) is 9.01. The van der Waals surface area contributed by atoms with E-state index in [1.54, 1.807) is 6.07 Å². The van der Waals surface area contributed by atoms with Gasteiger partial charge in [-0.3, -0.25) is 9.36 Å². The van der Waals surface area contributed by atoms with Gasteiger partial charge in [0.2, 0.25) is 0 Å². The lowest BCUT2D eigenvalue weighted by atomic mass is 10.1. The van der Waals surface area contributed by atoms with E-state index < -0.39 is 17.8 Å². The van der Waals surface area contributed by atoms with Gasteiger partial charge in [-0.2, -0.15) is 0 Å². The number of hydrogen-bond acceptors (Lipinski definition) is 6. The number of carboxylic acid groups (broad SMARTS) is 1. The van der Waals surface area contributed by atoms with E-state index in [1.807, 2.05) is 44.2 Å². The summed E-state index contributed by atoms with van der Waals surface area (Å²) in [6.07, 6.45) is 0. The molecule has 0 saturated carbocycles. The van der Waals surface area contributed by atoms with E-state index in [4.69, 9.17) is 34.0 Å². The molecular weight excluding hydrogens is 716 g/mol. The summed E-state index contributed by atoms with van der Waals surface area (Å²) in [6, 6.07) is 11.3. The molecule has 1 aromatic heterocycles. The van der Waals surface area contributed by atoms with E-state index in [0.717, 1.165) is 36.7 Å². The van der Waals surface area contributed by atoms with Crippen molar-refractivity contribution in [3.05, 3.63) is 66.6 Å². The van der Waals surface area contributed by atoms with Crippen molar-refractivity contribution in [1.82, 2.24) is 4.98 Å². The molecule has 1 heterocycles. The summed E-state index contributed by atoms with van der Waals surface area (Å²) in [7, 11) is 0. The van der Waals surface area contributed by atoms with E-state index in [-0.39, 0.29) is 6.47 Å². The third kappa shape index (κ3) is 15.2. The average Bonchev–Trinajstić information content (AvgIpc) is 2.73. The SMILES string of the molecule is Cc1c(Br)ccc2c(Cl)cc(Cl)nc12.Cc1c(N)cccc1Br.O=COCC(=O)O.O=P(Cl)(Cl)Cl. The number of nitrogen functional groups attached to an aromatic ring is 1. The van der Waals surface area contributed by atoms with Gasteiger partial charge in [-0.25, -0.2) is 9.78 Å². The van der Waals surface area contributed by atoms with Gasteiger partial charge in [-0.15, -0.1) is 0 Å². The number of fused-ring (bicyclic) bond motifs is 1. The number of benzene rings is 2. The standard InChI is InChI=1S/C10H6BrCl2N.C7H8BrN.C3H4O4.Cl3OP/c1-5-7(11)3-2-6-8(12)4-9(13)14-10(5)6;1-5-6(8)3-2-4-7(5)9;4-2-7-1-3(5)6;1-5(2,3)4/h2-4H,1H3;2-4H,9H2,1H3;2H,1H2,(H,5,6);. The highest BCUT2D eigenvalue weighted by Gasteiger charge is 2.07. The number of pyridine rings is 1. The Morgan fingerprint density at radius 3 is 2.09 bits per heavy atom. The number of carbonyl (C=O) groups is 2. The van der Waals surface area contributed by atoms with E-state index in [1.165, 1.54) is 0 Å². The number of nitrogens with zero attached hydrogens (tertiary/aromatic N) is 1. The summed E-state index contributed by atoms with van der Waals surface area (Å²) < 4.78 is 15.4. The summed E-state index contributed by atoms with van der Waals surface area (Å²) in [5.41, 5.74) is 9.43. The molecule has 3 N–H and O–H groups in total. The van der Waals surface area contributed by atoms with Crippen LogP contribution in [0.15, 0.2) is 45.3 Å². The second kappa shape index (κ2) is 16.9. The van der Waals surface area contributed by atoms with Crippen molar-refractivity contribution >= 4 is 123 Å². The molecule has 7 nitrogen and oxygen atoms in total. The van der Waals surface area contributed by atoms with Crippen molar-refractivity contribution in [1.29, 1.82) is 0 Å². The molecule has 0 radical (unpaired) electrons. The van der Waals surface area contributed by atoms with Crippen LogP contribution in [0.1, 0.15) is 11.1 Å². The van der Waals surface area contributed by atoms with Gasteiger partial charge in [0.25, 0.3) is 6.47 Å². The quantitative estimate of drug-likeness (QED) is 0.119. The molecule has 0 amide bonds. The molecule has 192 valence electrons. The number of aliphatic carboxylic acids is 1. The Morgan fingerprint density at radius 2 is 1.66 bits per heavy atom. The van der Waals surface area contributed by atoms with E-state index in [9.17, 15) is 14.2 Å². The molecular formula is C20H18Br2Cl5N2O5P. The van der Waals surface area contributed by atoms with Crippen LogP contribution in [0, 0.1) is 13.8 Å². The zero-order valence-electron chi connectivity index (χ0n) is 17.9. The van der Waals surface area contributed by atoms with Crippen molar-refractivity contribution in [2.75, 3.05) is 12.3 Å². The second-order valence-corrected chi connectivity index (χ2v) is 15.3. The van der Waals surface area contributed by atoms with Crippen LogP contribution in [0.3, 0.4) is 0 Å². The first-order chi connectivity index (χ1) is 16.1. The molecule has 15 heteroatoms. The fourth-order valence-electron chi connectivity index (χ4n) is 2.06. The van der Waals surface area contributed by atoms with Gasteiger partial charge in [-0.1, -0.05) is 67.2 Å². The average molecular weight is 734 g/mol. The molecule has 0 aliphatic heterocycles. The van der Waals surface area contributed by atoms with Crippen molar-refractivity contribution in [2.24, 2.45) is 0 Å². The van der Waals surface area contributed by atoms with Crippen molar-refractivity contribution < 1.29 is 24.0 Å². The zero-order valence-corrected chi connectivity index (χ0v) is 25.8. The minimum absolute atomic E-state index is 0.0914. The maximum Gasteiger partial charge on any atom is 0.341 e. The third-order valence-electron chi connectivity index (χ3n) is 3.67. The molecule has 0 fully saturated rings. The first kappa shape index (κ1) is 34.2. The number of carboxylic acids is 1. The Morgan fingerprint density at radius 1 is 1.11 bits per heavy atom. The van der Waals surface area contributed by atoms with Gasteiger partial charge in [0, 0.05) is 20.0 Å². The number of anilines is 1. The van der Waals surface area contributed by atoms with Crippen LogP contribution in [0.4, 0.5) is 5.69 Å². The van der Waals surface area contributed by atoms with Gasteiger partial charge in [0.05, 0.1) is 10.5 Å². The van der Waals surface area contributed by atoms with Crippen LogP contribution < -0.4 is 5.73 Å². The molecule has 0 aliphatic rings. The van der Waals surface area contributed by atoms with E-state index >= 15 is 0 Å². The Kier molecular flexibility index (Phi) is 16.5. The fourth-order valence-corrected chi connectivity index (χ4v) is 3.27. The first-order valence-electron chi connectivity index (χ1n) is 8.95. The largest absolute Gasteiger partial charge is 0.479 e. The number of rotatable bonds is 3. The molecule has 0 unspecified atom stereocenters. The summed E-state index contributed by atoms with van der Waals surface area (Å²) in [5.74, 6) is -1.15. The molecule has 0 spiro atoms. The van der Waals surface area contributed by atoms with E-state index in [0.29, 0.717) is 10.2 Å². The van der Waals surface area contributed by atoms with Crippen molar-refractivity contribution in [3.63, 3.8) is 0 Å². The van der Waals surface area contributed by atoms with Gasteiger partial charge < -0.3 is 15.6 Å². The normalized spacial score (nSPS) is 9.97. The third-order valence-corrected chi connectivity index (χ3v) is 5.90. The van der Waals surface area contributed by atoms with Crippen LogP contribution in [0.5, 0.6) is 0 Å². The van der Waals surface area contributed by atoms with Crippen molar-refractivity contribution in [2.45, 2.75) is 13.8 Å². The van der Waals surface area contributed by atoms with Crippen LogP contribution in [-0.4, -0.2) is 29.1 Å². The molecule has 0 bridgehead atoms. The second-order valence-electron chi connectivity index (χ2n) is 6.15. The Bertz CT molecular complexity index is 1190. The molecule has 0 aliphatic carbocycles. The first-order valence-corrected chi connectivity index (χ1v) is 15.7. The topological polar surface area (TPSA) is 120 Å². The molecule has 3 rings (SSSR count). The lowest BCUT2D eigenvalue weighted by Crippen LogP contribution is -2.04. The number of halogens is 7. The maximum atomic E-state index is 9.51. The van der Waals surface area contributed by atoms with Crippen LogP contribution >= 0.6 is 94.0 Å². The summed E-state index contributed by atoms with van der Waals surface area (Å²) in [4.78, 5) is 22.9. The molecule has 2 aromatic carbocycles. The number of carbonyl (C=O) groups excluding carboxylic acids is 1. The Balaban J connectivity index is 0.000000479. The highest BCUT2D eigenvalue weighted by Crippen LogP contribution is 2.61. The Hall–Kier alpha value is -0.770. The number of aromatic nitrogens is 1. The number of nitrogens with two attached hydrogens (primary N) is 1. The monoisotopic (exact) mass is 730 g/mol. The van der Waals surface area contributed by atoms with Crippen molar-refractivity contribution in [3.8, 4) is 0 Å². The molecule has 35 heavy (non-hydrogen) atoms. The molecule has 3 aromatic rings. The van der Waals surface area contributed by atoms with Crippen LogP contribution in [0.25, 0.3) is 10.9 Å². The van der Waals surface area contributed by atoms with Gasteiger partial charge >= 0.3 is 11.2 Å². The maximum absolute atomic E-state index is 9.51. The van der Waals surface area contributed by atoms with Crippen LogP contribution in [-0.2, 0) is 18.9 Å². The lowest BCUT2D eigenvalue weighted by molar-refractivity contribution is -0.147. The summed E-state index contributed by atoms with van der Waals surface area (Å²) >= 11 is 32.5. The highest BCUT2D eigenvalue weighted by atomic mass is 79.9. The number of aryl methyl sites for hydroxylation is 1. The smallest absolute Gasteiger partial charge is 0.341 e. The lowest BCUT2D eigenvalue weighted by Gasteiger charge is -2.05. The van der Waals surface area contributed by atoms with Gasteiger partial charge in [0.15, 0.2) is 6.61 Å². The van der Waals surface area contributed by atoms with Gasteiger partial charge in [-0.05, 0) is 83.0 Å².